The largest absolute Gasteiger partial charge is 0.453 e. The summed E-state index contributed by atoms with van der Waals surface area (Å²) in [5, 5.41) is 22.6. The molecule has 2 aromatic heterocycles. The lowest BCUT2D eigenvalue weighted by atomic mass is 10.2. The van der Waals surface area contributed by atoms with Crippen LogP contribution in [0.5, 0.6) is 0 Å². The maximum atomic E-state index is 11.5. The highest BCUT2D eigenvalue weighted by molar-refractivity contribution is 5.86. The number of aromatic nitrogens is 3. The van der Waals surface area contributed by atoms with E-state index in [1.54, 1.807) is 29.0 Å². The van der Waals surface area contributed by atoms with Crippen LogP contribution in [0.4, 0.5) is 27.7 Å². The number of carbonyl (C=O) groups is 1. The first-order valence-electron chi connectivity index (χ1n) is 8.77. The maximum Gasteiger partial charge on any atom is 0.411 e. The van der Waals surface area contributed by atoms with E-state index in [2.05, 4.69) is 36.8 Å². The smallest absolute Gasteiger partial charge is 0.411 e. The van der Waals surface area contributed by atoms with Crippen molar-refractivity contribution >= 4 is 34.6 Å². The van der Waals surface area contributed by atoms with E-state index in [4.69, 9.17) is 10.00 Å². The summed E-state index contributed by atoms with van der Waals surface area (Å²) in [7, 11) is 2.80. The highest BCUT2D eigenvalue weighted by Crippen LogP contribution is 2.25. The van der Waals surface area contributed by atoms with E-state index in [1.165, 1.54) is 14.2 Å². The van der Waals surface area contributed by atoms with E-state index in [-0.39, 0.29) is 0 Å². The molecular formula is C19H21N7O3. The number of imidazole rings is 1. The molecule has 1 aromatic carbocycles. The summed E-state index contributed by atoms with van der Waals surface area (Å²) in [6.07, 6.45) is 2.24. The second-order valence-electron chi connectivity index (χ2n) is 6.14. The van der Waals surface area contributed by atoms with Crippen molar-refractivity contribution in [1.29, 1.82) is 5.26 Å². The zero-order valence-electron chi connectivity index (χ0n) is 16.3. The Morgan fingerprint density at radius 3 is 2.86 bits per heavy atom. The summed E-state index contributed by atoms with van der Waals surface area (Å²) < 4.78 is 11.4. The molecule has 3 aromatic rings. The Morgan fingerprint density at radius 2 is 2.14 bits per heavy atom. The van der Waals surface area contributed by atoms with E-state index < -0.39 is 12.2 Å². The van der Waals surface area contributed by atoms with Crippen LogP contribution in [-0.4, -0.2) is 47.6 Å². The van der Waals surface area contributed by atoms with Gasteiger partial charge in [-0.15, -0.1) is 5.10 Å². The van der Waals surface area contributed by atoms with Gasteiger partial charge in [-0.3, -0.25) is 5.32 Å². The van der Waals surface area contributed by atoms with Crippen molar-refractivity contribution < 1.29 is 14.3 Å². The molecule has 0 aliphatic carbocycles. The van der Waals surface area contributed by atoms with E-state index in [0.717, 1.165) is 11.3 Å². The number of ether oxygens (including phenoxy) is 2. The SMILES string of the molecule is COC(=O)Nc1cc(Nc2cc(NCC(C#N)OC)c3nccn3n2)ccc1C. The molecule has 0 fully saturated rings. The van der Waals surface area contributed by atoms with Gasteiger partial charge in [-0.1, -0.05) is 6.07 Å². The van der Waals surface area contributed by atoms with Crippen molar-refractivity contribution in [3.63, 3.8) is 0 Å². The molecular weight excluding hydrogens is 374 g/mol. The topological polar surface area (TPSA) is 126 Å². The first-order chi connectivity index (χ1) is 14.0. The predicted octanol–water partition coefficient (Wildman–Crippen LogP) is 2.91. The predicted molar refractivity (Wildman–Crippen MR) is 108 cm³/mol. The molecule has 29 heavy (non-hydrogen) atoms. The number of amides is 1. The Labute approximate surface area is 167 Å². The van der Waals surface area contributed by atoms with Crippen molar-refractivity contribution in [1.82, 2.24) is 14.6 Å². The first-order valence-corrected chi connectivity index (χ1v) is 8.77. The van der Waals surface area contributed by atoms with Crippen LogP contribution >= 0.6 is 0 Å². The lowest BCUT2D eigenvalue weighted by Gasteiger charge is -2.14. The molecule has 3 rings (SSSR count). The Kier molecular flexibility index (Phi) is 6.11. The summed E-state index contributed by atoms with van der Waals surface area (Å²) in [6.45, 7) is 2.19. The number of rotatable bonds is 7. The normalized spacial score (nSPS) is 11.5. The zero-order chi connectivity index (χ0) is 20.8. The highest BCUT2D eigenvalue weighted by atomic mass is 16.5. The molecule has 0 saturated carbocycles. The summed E-state index contributed by atoms with van der Waals surface area (Å²) >= 11 is 0. The number of hydrogen-bond acceptors (Lipinski definition) is 8. The van der Waals surface area contributed by atoms with Crippen molar-refractivity contribution in [3.05, 3.63) is 42.2 Å². The number of aryl methyl sites for hydroxylation is 1. The third-order valence-electron chi connectivity index (χ3n) is 4.20. The molecule has 10 nitrogen and oxygen atoms in total. The monoisotopic (exact) mass is 395 g/mol. The van der Waals surface area contributed by atoms with Crippen LogP contribution in [0.2, 0.25) is 0 Å². The number of carbonyl (C=O) groups excluding carboxylic acids is 1. The fourth-order valence-corrected chi connectivity index (χ4v) is 2.64. The molecule has 0 aliphatic rings. The fourth-order valence-electron chi connectivity index (χ4n) is 2.64. The van der Waals surface area contributed by atoms with Crippen LogP contribution in [-0.2, 0) is 9.47 Å². The van der Waals surface area contributed by atoms with Crippen molar-refractivity contribution in [2.75, 3.05) is 36.7 Å². The van der Waals surface area contributed by atoms with Crippen molar-refractivity contribution in [3.8, 4) is 6.07 Å². The van der Waals surface area contributed by atoms with Gasteiger partial charge in [0, 0.05) is 36.9 Å². The minimum absolute atomic E-state index is 0.302. The summed E-state index contributed by atoms with van der Waals surface area (Å²) in [6, 6.07) is 9.39. The van der Waals surface area contributed by atoms with Crippen LogP contribution in [0.25, 0.3) is 5.65 Å². The number of nitrogens with one attached hydrogen (secondary N) is 3. The van der Waals surface area contributed by atoms with Crippen molar-refractivity contribution in [2.45, 2.75) is 13.0 Å². The van der Waals surface area contributed by atoms with Crippen LogP contribution in [0.3, 0.4) is 0 Å². The lowest BCUT2D eigenvalue weighted by Crippen LogP contribution is -2.20. The second-order valence-corrected chi connectivity index (χ2v) is 6.14. The molecule has 0 radical (unpaired) electrons. The number of fused-ring (bicyclic) bond motifs is 1. The molecule has 1 unspecified atom stereocenters. The lowest BCUT2D eigenvalue weighted by molar-refractivity contribution is 0.156. The average molecular weight is 395 g/mol. The Morgan fingerprint density at radius 1 is 1.31 bits per heavy atom. The number of hydrogen-bond donors (Lipinski definition) is 3. The number of methoxy groups -OCH3 is 2. The highest BCUT2D eigenvalue weighted by Gasteiger charge is 2.11. The van der Waals surface area contributed by atoms with Gasteiger partial charge in [0.25, 0.3) is 0 Å². The Hall–Kier alpha value is -3.84. The van der Waals surface area contributed by atoms with Gasteiger partial charge < -0.3 is 20.1 Å². The van der Waals surface area contributed by atoms with Gasteiger partial charge in [-0.25, -0.2) is 14.3 Å². The van der Waals surface area contributed by atoms with E-state index in [1.807, 2.05) is 19.1 Å². The number of nitriles is 1. The average Bonchev–Trinajstić information content (AvgIpc) is 3.19. The summed E-state index contributed by atoms with van der Waals surface area (Å²) in [5.41, 5.74) is 3.57. The fraction of sp³-hybridized carbons (Fsp3) is 0.263. The minimum atomic E-state index is -0.585. The molecule has 0 spiro atoms. The molecule has 1 amide bonds. The van der Waals surface area contributed by atoms with E-state index in [0.29, 0.717) is 29.4 Å². The van der Waals surface area contributed by atoms with Crippen LogP contribution in [0, 0.1) is 18.3 Å². The summed E-state index contributed by atoms with van der Waals surface area (Å²) in [5.74, 6) is 0.553. The first kappa shape index (κ1) is 19.9. The van der Waals surface area contributed by atoms with E-state index >= 15 is 0 Å². The molecule has 0 aliphatic heterocycles. The van der Waals surface area contributed by atoms with Crippen LogP contribution < -0.4 is 16.0 Å². The van der Waals surface area contributed by atoms with Crippen LogP contribution in [0.15, 0.2) is 36.7 Å². The van der Waals surface area contributed by atoms with Gasteiger partial charge in [0.15, 0.2) is 17.6 Å². The molecule has 1 atom stereocenters. The standard InChI is InChI=1S/C19H21N7O3/c1-12-4-5-13(8-15(12)24-19(27)29-3)23-17-9-16(22-11-14(10-20)28-2)18-21-6-7-26(18)25-17/h4-9,14,22H,11H2,1-3H3,(H,23,25)(H,24,27). The van der Waals surface area contributed by atoms with Crippen molar-refractivity contribution in [2.24, 2.45) is 0 Å². The third-order valence-corrected chi connectivity index (χ3v) is 4.20. The van der Waals surface area contributed by atoms with Gasteiger partial charge in [-0.05, 0) is 24.6 Å². The van der Waals surface area contributed by atoms with Gasteiger partial charge in [-0.2, -0.15) is 5.26 Å². The van der Waals surface area contributed by atoms with Gasteiger partial charge in [0.1, 0.15) is 0 Å². The molecule has 0 bridgehead atoms. The third kappa shape index (κ3) is 4.72. The van der Waals surface area contributed by atoms with Crippen LogP contribution in [0.1, 0.15) is 5.56 Å². The Bertz CT molecular complexity index is 1060. The molecule has 2 heterocycles. The van der Waals surface area contributed by atoms with E-state index in [9.17, 15) is 4.79 Å². The Balaban J connectivity index is 1.86. The minimum Gasteiger partial charge on any atom is -0.453 e. The zero-order valence-corrected chi connectivity index (χ0v) is 16.3. The molecule has 3 N–H and O–H groups in total. The van der Waals surface area contributed by atoms with Gasteiger partial charge in [0.2, 0.25) is 0 Å². The number of nitrogens with zero attached hydrogens (tertiary/aromatic N) is 4. The number of anilines is 4. The maximum absolute atomic E-state index is 11.5. The molecule has 0 saturated heterocycles. The molecule has 10 heteroatoms. The van der Waals surface area contributed by atoms with Gasteiger partial charge in [0.05, 0.1) is 25.4 Å². The van der Waals surface area contributed by atoms with Gasteiger partial charge >= 0.3 is 6.09 Å². The second kappa shape index (κ2) is 8.90. The number of benzene rings is 1. The molecule has 150 valence electrons. The summed E-state index contributed by atoms with van der Waals surface area (Å²) in [4.78, 5) is 15.8. The quantitative estimate of drug-likeness (QED) is 0.557.